The Bertz CT molecular complexity index is 1610. The largest absolute Gasteiger partial charge is 0.491 e. The van der Waals surface area contributed by atoms with Gasteiger partial charge >= 0.3 is 0 Å². The predicted molar refractivity (Wildman–Crippen MR) is 238 cm³/mol. The molecule has 2 aliphatic heterocycles. The van der Waals surface area contributed by atoms with E-state index in [9.17, 15) is 19.2 Å². The molecule has 0 radical (unpaired) electrons. The van der Waals surface area contributed by atoms with E-state index in [0.717, 1.165) is 17.1 Å². The standard InChI is InChI=1S/C47H71N3O14/c1-2-3-4-5-6-7-9-38-12-14-39(15-13-38)64-37-36-63-35-34-62-33-32-61-31-30-60-29-28-59-27-26-58-25-24-57-23-22-56-21-20-55-19-18-48-41-11-8-10-40-44(41)47(54)50(46(40)53)42-16-17-43(51)49-45(42)52/h8,10-15,42,48H,2-7,9,16-37H2,1H3,(H,49,51,52). The highest BCUT2D eigenvalue weighted by Gasteiger charge is 2.45. The van der Waals surface area contributed by atoms with Gasteiger partial charge in [-0.05, 0) is 49.1 Å². The van der Waals surface area contributed by atoms with Crippen LogP contribution in [0.1, 0.15) is 84.6 Å². The van der Waals surface area contributed by atoms with Gasteiger partial charge in [0, 0.05) is 18.7 Å². The van der Waals surface area contributed by atoms with Gasteiger partial charge in [-0.3, -0.25) is 29.4 Å². The topological polar surface area (TPSA) is 188 Å². The van der Waals surface area contributed by atoms with Crippen molar-refractivity contribution in [2.75, 3.05) is 137 Å². The molecule has 0 aliphatic carbocycles. The Hall–Kier alpha value is -4.04. The van der Waals surface area contributed by atoms with Gasteiger partial charge < -0.3 is 52.7 Å². The Morgan fingerprint density at radius 1 is 0.562 bits per heavy atom. The van der Waals surface area contributed by atoms with Gasteiger partial charge in [0.25, 0.3) is 11.8 Å². The summed E-state index contributed by atoms with van der Waals surface area (Å²) in [4.78, 5) is 51.0. The monoisotopic (exact) mass is 901 g/mol. The molecule has 0 saturated carbocycles. The van der Waals surface area contributed by atoms with Crippen molar-refractivity contribution >= 4 is 29.3 Å². The molecule has 17 heteroatoms. The van der Waals surface area contributed by atoms with Crippen LogP contribution in [0.5, 0.6) is 5.75 Å². The zero-order chi connectivity index (χ0) is 45.3. The van der Waals surface area contributed by atoms with Crippen LogP contribution in [0.4, 0.5) is 5.69 Å². The third-order valence-corrected chi connectivity index (χ3v) is 10.2. The number of hydrogen-bond donors (Lipinski definition) is 2. The second-order valence-corrected chi connectivity index (χ2v) is 15.1. The summed E-state index contributed by atoms with van der Waals surface area (Å²) in [5.74, 6) is -1.29. The number of rotatable bonds is 40. The van der Waals surface area contributed by atoms with Gasteiger partial charge in [-0.1, -0.05) is 57.2 Å². The molecule has 2 heterocycles. The van der Waals surface area contributed by atoms with Crippen LogP contribution >= 0.6 is 0 Å². The quantitative estimate of drug-likeness (QED) is 0.0696. The fourth-order valence-corrected chi connectivity index (χ4v) is 6.86. The smallest absolute Gasteiger partial charge is 0.264 e. The van der Waals surface area contributed by atoms with Crippen molar-refractivity contribution in [2.24, 2.45) is 0 Å². The van der Waals surface area contributed by atoms with Crippen molar-refractivity contribution < 1.29 is 66.5 Å². The fraction of sp³-hybridized carbons (Fsp3) is 0.660. The molecule has 64 heavy (non-hydrogen) atoms. The molecule has 0 aromatic heterocycles. The van der Waals surface area contributed by atoms with E-state index < -0.39 is 29.7 Å². The molecule has 4 rings (SSSR count). The van der Waals surface area contributed by atoms with Crippen molar-refractivity contribution in [3.63, 3.8) is 0 Å². The average molecular weight is 902 g/mol. The minimum absolute atomic E-state index is 0.0656. The number of carbonyl (C=O) groups excluding carboxylic acids is 4. The van der Waals surface area contributed by atoms with E-state index in [4.69, 9.17) is 47.4 Å². The molecule has 17 nitrogen and oxygen atoms in total. The van der Waals surface area contributed by atoms with Crippen LogP contribution in [-0.2, 0) is 58.6 Å². The van der Waals surface area contributed by atoms with Crippen LogP contribution < -0.4 is 15.4 Å². The van der Waals surface area contributed by atoms with Crippen LogP contribution in [0, 0.1) is 0 Å². The summed E-state index contributed by atoms with van der Waals surface area (Å²) >= 11 is 0. The molecule has 0 bridgehead atoms. The number of nitrogens with zero attached hydrogens (tertiary/aromatic N) is 1. The molecule has 1 unspecified atom stereocenters. The van der Waals surface area contributed by atoms with Gasteiger partial charge in [0.1, 0.15) is 18.4 Å². The Morgan fingerprint density at radius 2 is 1.05 bits per heavy atom. The summed E-state index contributed by atoms with van der Waals surface area (Å²) in [6, 6.07) is 12.3. The minimum Gasteiger partial charge on any atom is -0.491 e. The number of unbranched alkanes of at least 4 members (excludes halogenated alkanes) is 5. The third kappa shape index (κ3) is 20.9. The van der Waals surface area contributed by atoms with Crippen LogP contribution in [0.2, 0.25) is 0 Å². The average Bonchev–Trinajstić information content (AvgIpc) is 3.55. The van der Waals surface area contributed by atoms with Gasteiger partial charge in [0.2, 0.25) is 11.8 Å². The number of carbonyl (C=O) groups is 4. The molecular formula is C47H71N3O14. The minimum atomic E-state index is -1.01. The number of piperidine rings is 1. The van der Waals surface area contributed by atoms with Crippen molar-refractivity contribution in [1.29, 1.82) is 0 Å². The normalized spacial score (nSPS) is 15.0. The summed E-state index contributed by atoms with van der Waals surface area (Å²) in [6.45, 7) is 11.4. The Labute approximate surface area is 378 Å². The van der Waals surface area contributed by atoms with Crippen molar-refractivity contribution in [1.82, 2.24) is 10.2 Å². The number of ether oxygens (including phenoxy) is 10. The van der Waals surface area contributed by atoms with Gasteiger partial charge in [-0.2, -0.15) is 0 Å². The molecular weight excluding hydrogens is 831 g/mol. The van der Waals surface area contributed by atoms with Crippen molar-refractivity contribution in [2.45, 2.75) is 70.8 Å². The molecule has 2 N–H and O–H groups in total. The first-order valence-corrected chi connectivity index (χ1v) is 23.0. The summed E-state index contributed by atoms with van der Waals surface area (Å²) in [7, 11) is 0. The van der Waals surface area contributed by atoms with Crippen molar-refractivity contribution in [3.8, 4) is 5.75 Å². The molecule has 1 atom stereocenters. The SMILES string of the molecule is CCCCCCCCc1ccc(OCCOCCOCCOCCOCCOCCOCCOCCOCCOCCNc2cccc3c2C(=O)N(C2CCC(=O)NC2=O)C3=O)cc1. The number of amides is 4. The third-order valence-electron chi connectivity index (χ3n) is 10.2. The summed E-state index contributed by atoms with van der Waals surface area (Å²) in [5, 5.41) is 5.34. The van der Waals surface area contributed by atoms with E-state index >= 15 is 0 Å². The Balaban J connectivity index is 0.816. The highest BCUT2D eigenvalue weighted by molar-refractivity contribution is 6.25. The number of aryl methyl sites for hydroxylation is 1. The highest BCUT2D eigenvalue weighted by Crippen LogP contribution is 2.32. The van der Waals surface area contributed by atoms with Crippen molar-refractivity contribution in [3.05, 3.63) is 59.2 Å². The van der Waals surface area contributed by atoms with E-state index in [-0.39, 0.29) is 24.0 Å². The maximum Gasteiger partial charge on any atom is 0.264 e. The maximum atomic E-state index is 13.2. The number of anilines is 1. The van der Waals surface area contributed by atoms with Gasteiger partial charge in [0.15, 0.2) is 0 Å². The lowest BCUT2D eigenvalue weighted by atomic mass is 10.0. The molecule has 1 saturated heterocycles. The number of hydrogen-bond acceptors (Lipinski definition) is 15. The van der Waals surface area contributed by atoms with E-state index in [1.54, 1.807) is 18.2 Å². The number of nitrogens with one attached hydrogen (secondary N) is 2. The molecule has 4 amide bonds. The van der Waals surface area contributed by atoms with Gasteiger partial charge in [-0.25, -0.2) is 0 Å². The van der Waals surface area contributed by atoms with Gasteiger partial charge in [-0.15, -0.1) is 0 Å². The van der Waals surface area contributed by atoms with Crippen LogP contribution in [-0.4, -0.2) is 167 Å². The first kappa shape index (κ1) is 52.6. The van der Waals surface area contributed by atoms with Crippen LogP contribution in [0.15, 0.2) is 42.5 Å². The van der Waals surface area contributed by atoms with Crippen LogP contribution in [0.3, 0.4) is 0 Å². The van der Waals surface area contributed by atoms with Gasteiger partial charge in [0.05, 0.1) is 130 Å². The van der Waals surface area contributed by atoms with E-state index in [2.05, 4.69) is 29.7 Å². The second kappa shape index (κ2) is 33.4. The first-order chi connectivity index (χ1) is 31.5. The summed E-state index contributed by atoms with van der Waals surface area (Å²) in [5.41, 5.74) is 2.28. The predicted octanol–water partition coefficient (Wildman–Crippen LogP) is 4.63. The zero-order valence-corrected chi connectivity index (χ0v) is 37.8. The molecule has 2 aromatic rings. The Kier molecular flexibility index (Phi) is 27.5. The Morgan fingerprint density at radius 3 is 1.56 bits per heavy atom. The molecule has 1 fully saturated rings. The summed E-state index contributed by atoms with van der Waals surface area (Å²) in [6.07, 6.45) is 9.18. The molecule has 2 aromatic carbocycles. The number of imide groups is 2. The van der Waals surface area contributed by atoms with E-state index in [0.29, 0.717) is 138 Å². The van der Waals surface area contributed by atoms with E-state index in [1.165, 1.54) is 44.1 Å². The molecule has 358 valence electrons. The molecule has 0 spiro atoms. The number of fused-ring (bicyclic) bond motifs is 1. The lowest BCUT2D eigenvalue weighted by Crippen LogP contribution is -2.54. The zero-order valence-electron chi connectivity index (χ0n) is 37.8. The first-order valence-electron chi connectivity index (χ1n) is 23.0. The van der Waals surface area contributed by atoms with E-state index in [1.807, 2.05) is 12.1 Å². The summed E-state index contributed by atoms with van der Waals surface area (Å²) < 4.78 is 55.7. The lowest BCUT2D eigenvalue weighted by molar-refractivity contribution is -0.136. The number of benzene rings is 2. The highest BCUT2D eigenvalue weighted by atomic mass is 16.6. The second-order valence-electron chi connectivity index (χ2n) is 15.1. The van der Waals surface area contributed by atoms with Crippen LogP contribution in [0.25, 0.3) is 0 Å². The molecule has 2 aliphatic rings. The maximum absolute atomic E-state index is 13.2. The lowest BCUT2D eigenvalue weighted by Gasteiger charge is -2.27. The fourth-order valence-electron chi connectivity index (χ4n) is 6.86.